The fourth-order valence-electron chi connectivity index (χ4n) is 2.31. The van der Waals surface area contributed by atoms with E-state index in [-0.39, 0.29) is 0 Å². The molecule has 128 valence electrons. The molecule has 0 aliphatic carbocycles. The molecule has 0 atom stereocenters. The molecule has 0 radical (unpaired) electrons. The fraction of sp³-hybridized carbons (Fsp3) is 0.333. The Morgan fingerprint density at radius 1 is 1.42 bits per heavy atom. The van der Waals surface area contributed by atoms with E-state index in [1.54, 1.807) is 19.5 Å². The Hall–Kier alpha value is -2.76. The molecule has 0 saturated heterocycles. The van der Waals surface area contributed by atoms with E-state index in [4.69, 9.17) is 15.2 Å². The average Bonchev–Trinajstić information content (AvgIpc) is 2.89. The number of hydrogen-bond donors (Lipinski definition) is 1. The number of anilines is 1. The number of methoxy groups -OCH3 is 1. The molecule has 6 heteroatoms. The summed E-state index contributed by atoms with van der Waals surface area (Å²) in [5.41, 5.74) is 8.51. The maximum Gasteiger partial charge on any atom is 0.221 e. The van der Waals surface area contributed by atoms with E-state index in [0.29, 0.717) is 24.7 Å². The molecule has 2 N–H and O–H groups in total. The molecule has 0 amide bonds. The lowest BCUT2D eigenvalue weighted by Crippen LogP contribution is -2.03. The van der Waals surface area contributed by atoms with Crippen molar-refractivity contribution in [2.75, 3.05) is 19.5 Å². The molecule has 0 aliphatic rings. The minimum absolute atomic E-state index is 0.352. The van der Waals surface area contributed by atoms with Gasteiger partial charge < -0.3 is 15.2 Å². The molecule has 0 fully saturated rings. The molecule has 1 heterocycles. The minimum Gasteiger partial charge on any atom is -0.493 e. The first-order valence-corrected chi connectivity index (χ1v) is 7.89. The van der Waals surface area contributed by atoms with Crippen LogP contribution in [0.1, 0.15) is 30.2 Å². The van der Waals surface area contributed by atoms with Crippen LogP contribution >= 0.6 is 0 Å². The van der Waals surface area contributed by atoms with Crippen LogP contribution in [0.25, 0.3) is 0 Å². The number of nitrogens with two attached hydrogens (primary N) is 1. The molecule has 2 aromatic rings. The number of rotatable bonds is 8. The summed E-state index contributed by atoms with van der Waals surface area (Å²) in [6.07, 6.45) is 6.94. The van der Waals surface area contributed by atoms with Gasteiger partial charge in [-0.25, -0.2) is 9.66 Å². The first-order valence-electron chi connectivity index (χ1n) is 7.89. The van der Waals surface area contributed by atoms with Gasteiger partial charge in [-0.2, -0.15) is 5.10 Å². The largest absolute Gasteiger partial charge is 0.493 e. The molecule has 0 unspecified atom stereocenters. The summed E-state index contributed by atoms with van der Waals surface area (Å²) in [5.74, 6) is 1.79. The van der Waals surface area contributed by atoms with Crippen LogP contribution in [0.5, 0.6) is 11.5 Å². The van der Waals surface area contributed by atoms with Gasteiger partial charge in [-0.3, -0.25) is 0 Å². The Morgan fingerprint density at radius 2 is 2.21 bits per heavy atom. The summed E-state index contributed by atoms with van der Waals surface area (Å²) < 4.78 is 12.9. The maximum atomic E-state index is 5.85. The molecule has 1 aromatic heterocycles. The summed E-state index contributed by atoms with van der Waals surface area (Å²) in [4.78, 5) is 4.12. The van der Waals surface area contributed by atoms with E-state index in [1.165, 1.54) is 4.68 Å². The molecule has 24 heavy (non-hydrogen) atoms. The zero-order chi connectivity index (χ0) is 17.5. The highest BCUT2D eigenvalue weighted by molar-refractivity contribution is 5.81. The van der Waals surface area contributed by atoms with E-state index in [1.807, 2.05) is 25.1 Å². The number of allylic oxidation sites excluding steroid dienone is 1. The van der Waals surface area contributed by atoms with Gasteiger partial charge in [0.15, 0.2) is 11.5 Å². The predicted octanol–water partition coefficient (Wildman–Crippen LogP) is 3.18. The van der Waals surface area contributed by atoms with Crippen molar-refractivity contribution >= 4 is 12.2 Å². The first kappa shape index (κ1) is 17.6. The molecule has 0 bridgehead atoms. The van der Waals surface area contributed by atoms with Crippen molar-refractivity contribution in [3.05, 3.63) is 47.8 Å². The Bertz CT molecular complexity index is 735. The number of imidazole rings is 1. The van der Waals surface area contributed by atoms with Crippen LogP contribution < -0.4 is 15.2 Å². The number of benzene rings is 1. The van der Waals surface area contributed by atoms with Crippen LogP contribution in [-0.2, 0) is 6.42 Å². The van der Waals surface area contributed by atoms with Crippen LogP contribution in [0.15, 0.2) is 36.1 Å². The Morgan fingerprint density at radius 3 is 2.79 bits per heavy atom. The van der Waals surface area contributed by atoms with Gasteiger partial charge >= 0.3 is 0 Å². The predicted molar refractivity (Wildman–Crippen MR) is 97.0 cm³/mol. The monoisotopic (exact) mass is 328 g/mol. The van der Waals surface area contributed by atoms with E-state index in [2.05, 4.69) is 23.6 Å². The summed E-state index contributed by atoms with van der Waals surface area (Å²) in [5, 5.41) is 4.35. The van der Waals surface area contributed by atoms with Gasteiger partial charge in [0.2, 0.25) is 5.95 Å². The normalized spacial score (nSPS) is 11.0. The number of aryl methyl sites for hydroxylation is 1. The molecule has 6 nitrogen and oxygen atoms in total. The Kier molecular flexibility index (Phi) is 6.01. The number of nitrogen functional groups attached to an aromatic ring is 1. The van der Waals surface area contributed by atoms with Crippen molar-refractivity contribution in [3.63, 3.8) is 0 Å². The maximum absolute atomic E-state index is 5.85. The lowest BCUT2D eigenvalue weighted by atomic mass is 10.1. The minimum atomic E-state index is 0.352. The van der Waals surface area contributed by atoms with Crippen LogP contribution in [0.4, 0.5) is 5.95 Å². The van der Waals surface area contributed by atoms with Crippen molar-refractivity contribution in [2.45, 2.75) is 26.7 Å². The van der Waals surface area contributed by atoms with Crippen LogP contribution in [0, 0.1) is 6.92 Å². The standard InChI is InChI=1S/C18H24N4O2/c1-5-7-15-9-14(10-16(23-4)17(15)24-8-6-2)11-20-22-12-13(3)21-18(22)19/h5,9-12H,1,6-8H2,2-4H3,(H2,19,21). The highest BCUT2D eigenvalue weighted by Gasteiger charge is 2.12. The molecule has 0 spiro atoms. The second-order valence-electron chi connectivity index (χ2n) is 5.38. The van der Waals surface area contributed by atoms with Gasteiger partial charge in [0.05, 0.1) is 31.8 Å². The van der Waals surface area contributed by atoms with Crippen molar-refractivity contribution in [1.29, 1.82) is 0 Å². The van der Waals surface area contributed by atoms with Crippen LogP contribution in [-0.4, -0.2) is 29.6 Å². The third kappa shape index (κ3) is 4.16. The molecule has 2 rings (SSSR count). The average molecular weight is 328 g/mol. The second kappa shape index (κ2) is 8.19. The Labute approximate surface area is 142 Å². The van der Waals surface area contributed by atoms with Gasteiger partial charge in [0.1, 0.15) is 0 Å². The van der Waals surface area contributed by atoms with Crippen LogP contribution in [0.2, 0.25) is 0 Å². The number of ether oxygens (including phenoxy) is 2. The smallest absolute Gasteiger partial charge is 0.221 e. The lowest BCUT2D eigenvalue weighted by molar-refractivity contribution is 0.291. The molecule has 0 aliphatic heterocycles. The van der Waals surface area contributed by atoms with Crippen molar-refractivity contribution < 1.29 is 9.47 Å². The van der Waals surface area contributed by atoms with Crippen LogP contribution in [0.3, 0.4) is 0 Å². The van der Waals surface area contributed by atoms with Gasteiger partial charge in [-0.15, -0.1) is 6.58 Å². The highest BCUT2D eigenvalue weighted by Crippen LogP contribution is 2.33. The number of nitrogens with zero attached hydrogens (tertiary/aromatic N) is 3. The van der Waals surface area contributed by atoms with E-state index in [9.17, 15) is 0 Å². The van der Waals surface area contributed by atoms with E-state index < -0.39 is 0 Å². The zero-order valence-electron chi connectivity index (χ0n) is 14.5. The van der Waals surface area contributed by atoms with Gasteiger partial charge in [0.25, 0.3) is 0 Å². The van der Waals surface area contributed by atoms with E-state index >= 15 is 0 Å². The zero-order valence-corrected chi connectivity index (χ0v) is 14.5. The number of hydrogen-bond acceptors (Lipinski definition) is 5. The third-order valence-electron chi connectivity index (χ3n) is 3.35. The highest BCUT2D eigenvalue weighted by atomic mass is 16.5. The van der Waals surface area contributed by atoms with E-state index in [0.717, 1.165) is 29.0 Å². The van der Waals surface area contributed by atoms with Crippen molar-refractivity contribution in [2.24, 2.45) is 5.10 Å². The second-order valence-corrected chi connectivity index (χ2v) is 5.38. The molecule has 1 aromatic carbocycles. The Balaban J connectivity index is 2.37. The SMILES string of the molecule is C=CCc1cc(C=Nn2cc(C)nc2N)cc(OC)c1OCCC. The van der Waals surface area contributed by atoms with Gasteiger partial charge in [0, 0.05) is 5.56 Å². The van der Waals surface area contributed by atoms with Crippen molar-refractivity contribution in [1.82, 2.24) is 9.66 Å². The quantitative estimate of drug-likeness (QED) is 0.596. The van der Waals surface area contributed by atoms with Crippen molar-refractivity contribution in [3.8, 4) is 11.5 Å². The first-order chi connectivity index (χ1) is 11.6. The summed E-state index contributed by atoms with van der Waals surface area (Å²) in [7, 11) is 1.63. The molecular weight excluding hydrogens is 304 g/mol. The number of aromatic nitrogens is 2. The molecular formula is C18H24N4O2. The van der Waals surface area contributed by atoms with Gasteiger partial charge in [-0.1, -0.05) is 13.0 Å². The molecule has 0 saturated carbocycles. The topological polar surface area (TPSA) is 74.7 Å². The summed E-state index contributed by atoms with van der Waals surface area (Å²) >= 11 is 0. The summed E-state index contributed by atoms with van der Waals surface area (Å²) in [6, 6.07) is 3.90. The summed E-state index contributed by atoms with van der Waals surface area (Å²) in [6.45, 7) is 8.39. The third-order valence-corrected chi connectivity index (χ3v) is 3.35. The fourth-order valence-corrected chi connectivity index (χ4v) is 2.31. The van der Waals surface area contributed by atoms with Gasteiger partial charge in [-0.05, 0) is 37.5 Å². The lowest BCUT2D eigenvalue weighted by Gasteiger charge is -2.15.